The Labute approximate surface area is 114 Å². The highest BCUT2D eigenvalue weighted by Crippen LogP contribution is 2.10. The second kappa shape index (κ2) is 8.27. The van der Waals surface area contributed by atoms with Crippen LogP contribution in [0.5, 0.6) is 0 Å². The molecule has 1 aromatic carbocycles. The van der Waals surface area contributed by atoms with Crippen molar-refractivity contribution in [1.29, 1.82) is 0 Å². The van der Waals surface area contributed by atoms with Crippen LogP contribution in [0.15, 0.2) is 48.1 Å². The van der Waals surface area contributed by atoms with Crippen molar-refractivity contribution in [2.24, 2.45) is 0 Å². The van der Waals surface area contributed by atoms with Gasteiger partial charge in [-0.05, 0) is 37.5 Å². The van der Waals surface area contributed by atoms with Crippen LogP contribution in [-0.2, 0) is 11.2 Å². The molecule has 1 aromatic rings. The van der Waals surface area contributed by atoms with Gasteiger partial charge in [0.2, 0.25) is 5.91 Å². The van der Waals surface area contributed by atoms with Gasteiger partial charge in [0.05, 0.1) is 0 Å². The summed E-state index contributed by atoms with van der Waals surface area (Å²) in [5.41, 5.74) is 2.95. The third-order valence-corrected chi connectivity index (χ3v) is 2.85. The second-order valence-electron chi connectivity index (χ2n) is 4.21. The predicted molar refractivity (Wildman–Crippen MR) is 79.0 cm³/mol. The average Bonchev–Trinajstić information content (AvgIpc) is 2.42. The molecule has 3 heteroatoms. The minimum Gasteiger partial charge on any atom is -0.396 e. The maximum Gasteiger partial charge on any atom is 0.248 e. The summed E-state index contributed by atoms with van der Waals surface area (Å²) in [7, 11) is 0. The van der Waals surface area contributed by atoms with Gasteiger partial charge in [0.1, 0.15) is 0 Å². The van der Waals surface area contributed by atoms with Crippen LogP contribution in [0.2, 0.25) is 0 Å². The van der Waals surface area contributed by atoms with E-state index in [0.29, 0.717) is 6.42 Å². The van der Waals surface area contributed by atoms with Crippen LogP contribution in [0, 0.1) is 0 Å². The lowest BCUT2D eigenvalue weighted by atomic mass is 10.1. The van der Waals surface area contributed by atoms with E-state index in [1.165, 1.54) is 0 Å². The summed E-state index contributed by atoms with van der Waals surface area (Å²) in [6.07, 6.45) is 6.91. The van der Waals surface area contributed by atoms with Crippen molar-refractivity contribution in [2.75, 3.05) is 11.9 Å². The fourth-order valence-corrected chi connectivity index (χ4v) is 1.67. The molecule has 0 unspecified atom stereocenters. The van der Waals surface area contributed by atoms with Crippen molar-refractivity contribution in [3.8, 4) is 0 Å². The monoisotopic (exact) mass is 259 g/mol. The number of anilines is 1. The number of benzene rings is 1. The number of hydrogen-bond acceptors (Lipinski definition) is 2. The highest BCUT2D eigenvalue weighted by molar-refractivity contribution is 5.99. The summed E-state index contributed by atoms with van der Waals surface area (Å²) in [6.45, 7) is 4.15. The van der Waals surface area contributed by atoms with Crippen LogP contribution in [0.3, 0.4) is 0 Å². The Bertz CT molecular complexity index is 458. The molecule has 1 rings (SSSR count). The Balaban J connectivity index is 2.57. The van der Waals surface area contributed by atoms with E-state index < -0.39 is 0 Å². The Hall–Kier alpha value is -1.87. The lowest BCUT2D eigenvalue weighted by molar-refractivity contribution is -0.111. The maximum atomic E-state index is 11.7. The van der Waals surface area contributed by atoms with Crippen molar-refractivity contribution in [3.63, 3.8) is 0 Å². The largest absolute Gasteiger partial charge is 0.396 e. The van der Waals surface area contributed by atoms with E-state index in [9.17, 15) is 4.79 Å². The minimum atomic E-state index is -0.136. The van der Waals surface area contributed by atoms with E-state index in [0.717, 1.165) is 23.2 Å². The molecule has 0 aromatic heterocycles. The molecule has 0 spiro atoms. The highest BCUT2D eigenvalue weighted by Gasteiger charge is 1.98. The number of aliphatic hydroxyl groups is 1. The summed E-state index contributed by atoms with van der Waals surface area (Å²) in [5, 5.41) is 11.6. The van der Waals surface area contributed by atoms with Crippen molar-refractivity contribution in [3.05, 3.63) is 53.6 Å². The average molecular weight is 259 g/mol. The second-order valence-corrected chi connectivity index (χ2v) is 4.21. The van der Waals surface area contributed by atoms with Gasteiger partial charge in [-0.25, -0.2) is 0 Å². The van der Waals surface area contributed by atoms with Crippen molar-refractivity contribution >= 4 is 11.6 Å². The molecule has 2 N–H and O–H groups in total. The standard InChI is InChI=1S/C16H21NO2/c1-3-13(4-2)7-10-16(19)17-15-8-5-14(6-9-15)11-12-18/h3,5-10,18H,4,11-12H2,1-2H3,(H,17,19). The molecule has 0 fully saturated rings. The number of carbonyl (C=O) groups excluding carboxylic acids is 1. The lowest BCUT2D eigenvalue weighted by Gasteiger charge is -2.04. The first kappa shape index (κ1) is 15.2. The predicted octanol–water partition coefficient (Wildman–Crippen LogP) is 3.07. The molecule has 0 heterocycles. The molecule has 3 nitrogen and oxygen atoms in total. The quantitative estimate of drug-likeness (QED) is 0.609. The third kappa shape index (κ3) is 5.53. The third-order valence-electron chi connectivity index (χ3n) is 2.85. The van der Waals surface area contributed by atoms with E-state index >= 15 is 0 Å². The number of rotatable bonds is 6. The summed E-state index contributed by atoms with van der Waals surface area (Å²) >= 11 is 0. The smallest absolute Gasteiger partial charge is 0.248 e. The van der Waals surface area contributed by atoms with Gasteiger partial charge in [0.15, 0.2) is 0 Å². The molecule has 0 aliphatic rings. The number of aliphatic hydroxyl groups excluding tert-OH is 1. The van der Waals surface area contributed by atoms with Crippen molar-refractivity contribution < 1.29 is 9.90 Å². The first-order chi connectivity index (χ1) is 9.19. The summed E-state index contributed by atoms with van der Waals surface area (Å²) < 4.78 is 0. The zero-order valence-corrected chi connectivity index (χ0v) is 11.5. The zero-order chi connectivity index (χ0) is 14.1. The molecule has 0 atom stereocenters. The molecule has 0 aliphatic heterocycles. The maximum absolute atomic E-state index is 11.7. The SMILES string of the molecule is CC=C(C=CC(=O)Nc1ccc(CCO)cc1)CC. The van der Waals surface area contributed by atoms with Crippen LogP contribution in [0.25, 0.3) is 0 Å². The minimum absolute atomic E-state index is 0.136. The molecule has 19 heavy (non-hydrogen) atoms. The number of allylic oxidation sites excluding steroid dienone is 3. The summed E-state index contributed by atoms with van der Waals surface area (Å²) in [6, 6.07) is 7.48. The van der Waals surface area contributed by atoms with Crippen LogP contribution in [0.1, 0.15) is 25.8 Å². The van der Waals surface area contributed by atoms with Gasteiger partial charge < -0.3 is 10.4 Å². The molecular formula is C16H21NO2. The molecule has 1 amide bonds. The first-order valence-corrected chi connectivity index (χ1v) is 6.53. The van der Waals surface area contributed by atoms with Crippen LogP contribution in [0.4, 0.5) is 5.69 Å². The number of nitrogens with one attached hydrogen (secondary N) is 1. The van der Waals surface area contributed by atoms with Gasteiger partial charge in [0.25, 0.3) is 0 Å². The molecule has 102 valence electrons. The topological polar surface area (TPSA) is 49.3 Å². The normalized spacial score (nSPS) is 11.8. The number of hydrogen-bond donors (Lipinski definition) is 2. The van der Waals surface area contributed by atoms with E-state index in [4.69, 9.17) is 5.11 Å². The van der Waals surface area contributed by atoms with Gasteiger partial charge >= 0.3 is 0 Å². The van der Waals surface area contributed by atoms with Crippen molar-refractivity contribution in [2.45, 2.75) is 26.7 Å². The Kier molecular flexibility index (Phi) is 6.61. The van der Waals surface area contributed by atoms with Crippen LogP contribution < -0.4 is 5.32 Å². The Morgan fingerprint density at radius 3 is 2.47 bits per heavy atom. The van der Waals surface area contributed by atoms with Crippen LogP contribution in [-0.4, -0.2) is 17.6 Å². The molecule has 0 radical (unpaired) electrons. The van der Waals surface area contributed by atoms with Gasteiger partial charge in [0, 0.05) is 18.4 Å². The lowest BCUT2D eigenvalue weighted by Crippen LogP contribution is -2.07. The molecular weight excluding hydrogens is 238 g/mol. The molecule has 0 saturated carbocycles. The molecule has 0 aliphatic carbocycles. The van der Waals surface area contributed by atoms with Crippen molar-refractivity contribution in [1.82, 2.24) is 0 Å². The summed E-state index contributed by atoms with van der Waals surface area (Å²) in [4.78, 5) is 11.7. The number of amides is 1. The van der Waals surface area contributed by atoms with E-state index in [2.05, 4.69) is 12.2 Å². The molecule has 0 bridgehead atoms. The Morgan fingerprint density at radius 2 is 1.95 bits per heavy atom. The van der Waals surface area contributed by atoms with Gasteiger partial charge in [-0.15, -0.1) is 0 Å². The molecule has 0 saturated heterocycles. The fraction of sp³-hybridized carbons (Fsp3) is 0.312. The summed E-state index contributed by atoms with van der Waals surface area (Å²) in [5.74, 6) is -0.136. The van der Waals surface area contributed by atoms with Gasteiger partial charge in [-0.3, -0.25) is 4.79 Å². The zero-order valence-electron chi connectivity index (χ0n) is 11.5. The Morgan fingerprint density at radius 1 is 1.26 bits per heavy atom. The first-order valence-electron chi connectivity index (χ1n) is 6.53. The van der Waals surface area contributed by atoms with Crippen LogP contribution >= 0.6 is 0 Å². The number of carbonyl (C=O) groups is 1. The van der Waals surface area contributed by atoms with Gasteiger partial charge in [-0.1, -0.05) is 36.8 Å². The van der Waals surface area contributed by atoms with E-state index in [1.807, 2.05) is 43.3 Å². The van der Waals surface area contributed by atoms with E-state index in [1.54, 1.807) is 6.08 Å². The van der Waals surface area contributed by atoms with Gasteiger partial charge in [-0.2, -0.15) is 0 Å². The van der Waals surface area contributed by atoms with E-state index in [-0.39, 0.29) is 12.5 Å². The highest BCUT2D eigenvalue weighted by atomic mass is 16.2. The fourth-order valence-electron chi connectivity index (χ4n) is 1.67.